The van der Waals surface area contributed by atoms with E-state index in [1.165, 1.54) is 11.3 Å². The van der Waals surface area contributed by atoms with Gasteiger partial charge in [0, 0.05) is 6.54 Å². The van der Waals surface area contributed by atoms with Gasteiger partial charge in [-0.2, -0.15) is 0 Å². The van der Waals surface area contributed by atoms with E-state index in [1.807, 2.05) is 0 Å². The molecule has 13 heavy (non-hydrogen) atoms. The molecule has 1 atom stereocenters. The number of hydrogen-bond donors (Lipinski definition) is 2. The van der Waals surface area contributed by atoms with Crippen LogP contribution in [0, 0.1) is 11.8 Å². The van der Waals surface area contributed by atoms with Gasteiger partial charge in [-0.3, -0.25) is 0 Å². The van der Waals surface area contributed by atoms with Crippen molar-refractivity contribution in [3.8, 4) is 0 Å². The molecule has 0 amide bonds. The summed E-state index contributed by atoms with van der Waals surface area (Å²) in [4.78, 5) is 0. The van der Waals surface area contributed by atoms with Gasteiger partial charge < -0.3 is 11.1 Å². The van der Waals surface area contributed by atoms with Crippen molar-refractivity contribution in [1.82, 2.24) is 10.2 Å². The number of rotatable bonds is 5. The van der Waals surface area contributed by atoms with Crippen LogP contribution in [0.25, 0.3) is 0 Å². The first kappa shape index (κ1) is 10.4. The molecule has 0 aliphatic carbocycles. The van der Waals surface area contributed by atoms with Gasteiger partial charge in [0.05, 0.1) is 0 Å². The molecule has 0 radical (unpaired) electrons. The maximum atomic E-state index is 5.64. The lowest BCUT2D eigenvalue weighted by Gasteiger charge is -2.18. The Morgan fingerprint density at radius 2 is 2.38 bits per heavy atom. The maximum Gasteiger partial charge on any atom is 0.205 e. The first-order valence-electron chi connectivity index (χ1n) is 4.44. The molecule has 74 valence electrons. The van der Waals surface area contributed by atoms with E-state index in [0.717, 1.165) is 11.7 Å². The molecule has 0 aliphatic rings. The second kappa shape index (κ2) is 5.14. The van der Waals surface area contributed by atoms with E-state index in [-0.39, 0.29) is 0 Å². The van der Waals surface area contributed by atoms with Crippen LogP contribution in [-0.4, -0.2) is 23.3 Å². The summed E-state index contributed by atoms with van der Waals surface area (Å²) in [6.45, 7) is 5.95. The van der Waals surface area contributed by atoms with Crippen molar-refractivity contribution in [3.63, 3.8) is 0 Å². The van der Waals surface area contributed by atoms with Gasteiger partial charge >= 0.3 is 0 Å². The van der Waals surface area contributed by atoms with Crippen LogP contribution in [0.2, 0.25) is 0 Å². The van der Waals surface area contributed by atoms with Crippen molar-refractivity contribution in [3.05, 3.63) is 5.51 Å². The van der Waals surface area contributed by atoms with Crippen LogP contribution in [0.1, 0.15) is 13.8 Å². The molecule has 3 N–H and O–H groups in total. The van der Waals surface area contributed by atoms with Gasteiger partial charge in [-0.1, -0.05) is 25.2 Å². The van der Waals surface area contributed by atoms with E-state index < -0.39 is 0 Å². The third-order valence-electron chi connectivity index (χ3n) is 2.12. The van der Waals surface area contributed by atoms with E-state index in [1.54, 1.807) is 5.51 Å². The molecular formula is C8H16N4S. The van der Waals surface area contributed by atoms with Crippen molar-refractivity contribution < 1.29 is 0 Å². The SMILES string of the molecule is CC(C)C(CN)CNc1nncs1. The van der Waals surface area contributed by atoms with Gasteiger partial charge in [0.15, 0.2) is 0 Å². The average Bonchev–Trinajstić information content (AvgIpc) is 2.57. The Labute approximate surface area is 82.6 Å². The number of aromatic nitrogens is 2. The molecule has 0 fully saturated rings. The standard InChI is InChI=1S/C8H16N4S/c1-6(2)7(3-9)4-10-8-12-11-5-13-8/h5-7H,3-4,9H2,1-2H3,(H,10,12). The molecule has 0 spiro atoms. The molecule has 1 rings (SSSR count). The van der Waals surface area contributed by atoms with Crippen molar-refractivity contribution in [2.45, 2.75) is 13.8 Å². The number of nitrogens with zero attached hydrogens (tertiary/aromatic N) is 2. The zero-order valence-corrected chi connectivity index (χ0v) is 8.84. The van der Waals surface area contributed by atoms with E-state index in [4.69, 9.17) is 5.73 Å². The summed E-state index contributed by atoms with van der Waals surface area (Å²) >= 11 is 1.51. The largest absolute Gasteiger partial charge is 0.360 e. The number of nitrogens with one attached hydrogen (secondary N) is 1. The minimum atomic E-state index is 0.504. The van der Waals surface area contributed by atoms with Crippen LogP contribution < -0.4 is 11.1 Å². The molecule has 1 heterocycles. The molecular weight excluding hydrogens is 184 g/mol. The van der Waals surface area contributed by atoms with Crippen molar-refractivity contribution in [2.75, 3.05) is 18.4 Å². The summed E-state index contributed by atoms with van der Waals surface area (Å²) in [5.74, 6) is 1.11. The van der Waals surface area contributed by atoms with Crippen LogP contribution in [0.5, 0.6) is 0 Å². The topological polar surface area (TPSA) is 63.8 Å². The van der Waals surface area contributed by atoms with E-state index in [2.05, 4.69) is 29.4 Å². The predicted molar refractivity (Wildman–Crippen MR) is 55.8 cm³/mol. The quantitative estimate of drug-likeness (QED) is 0.749. The highest BCUT2D eigenvalue weighted by atomic mass is 32.1. The molecule has 1 aromatic heterocycles. The number of anilines is 1. The molecule has 1 unspecified atom stereocenters. The summed E-state index contributed by atoms with van der Waals surface area (Å²) in [5.41, 5.74) is 7.36. The fourth-order valence-corrected chi connectivity index (χ4v) is 1.51. The van der Waals surface area contributed by atoms with E-state index in [9.17, 15) is 0 Å². The number of hydrogen-bond acceptors (Lipinski definition) is 5. The minimum Gasteiger partial charge on any atom is -0.360 e. The highest BCUT2D eigenvalue weighted by Gasteiger charge is 2.11. The second-order valence-corrected chi connectivity index (χ2v) is 4.20. The molecule has 4 nitrogen and oxygen atoms in total. The fourth-order valence-electron chi connectivity index (χ4n) is 1.06. The fraction of sp³-hybridized carbons (Fsp3) is 0.750. The zero-order chi connectivity index (χ0) is 9.68. The van der Waals surface area contributed by atoms with Crippen LogP contribution in [0.15, 0.2) is 5.51 Å². The Morgan fingerprint density at radius 1 is 1.62 bits per heavy atom. The third kappa shape index (κ3) is 3.28. The Hall–Kier alpha value is -0.680. The lowest BCUT2D eigenvalue weighted by atomic mass is 9.96. The normalized spacial score (nSPS) is 13.2. The van der Waals surface area contributed by atoms with Crippen molar-refractivity contribution in [1.29, 1.82) is 0 Å². The van der Waals surface area contributed by atoms with Crippen molar-refractivity contribution >= 4 is 16.5 Å². The summed E-state index contributed by atoms with van der Waals surface area (Å²) in [7, 11) is 0. The molecule has 5 heteroatoms. The molecule has 0 aromatic carbocycles. The van der Waals surface area contributed by atoms with Crippen LogP contribution in [-0.2, 0) is 0 Å². The Bertz CT molecular complexity index is 222. The van der Waals surface area contributed by atoms with Gasteiger partial charge in [0.25, 0.3) is 0 Å². The second-order valence-electron chi connectivity index (χ2n) is 3.36. The summed E-state index contributed by atoms with van der Waals surface area (Å²) in [6.07, 6.45) is 0. The van der Waals surface area contributed by atoms with E-state index >= 15 is 0 Å². The zero-order valence-electron chi connectivity index (χ0n) is 8.03. The Kier molecular flexibility index (Phi) is 4.11. The third-order valence-corrected chi connectivity index (χ3v) is 2.77. The first-order chi connectivity index (χ1) is 6.24. The van der Waals surface area contributed by atoms with Gasteiger partial charge in [-0.15, -0.1) is 10.2 Å². The van der Waals surface area contributed by atoms with Crippen LogP contribution in [0.4, 0.5) is 5.13 Å². The lowest BCUT2D eigenvalue weighted by Crippen LogP contribution is -2.27. The van der Waals surface area contributed by atoms with Crippen LogP contribution in [0.3, 0.4) is 0 Å². The first-order valence-corrected chi connectivity index (χ1v) is 5.32. The lowest BCUT2D eigenvalue weighted by molar-refractivity contribution is 0.413. The highest BCUT2D eigenvalue weighted by molar-refractivity contribution is 7.13. The van der Waals surface area contributed by atoms with Gasteiger partial charge in [0.2, 0.25) is 5.13 Å². The highest BCUT2D eigenvalue weighted by Crippen LogP contribution is 2.12. The molecule has 1 aromatic rings. The average molecular weight is 200 g/mol. The van der Waals surface area contributed by atoms with Crippen molar-refractivity contribution in [2.24, 2.45) is 17.6 Å². The van der Waals surface area contributed by atoms with E-state index in [0.29, 0.717) is 18.4 Å². The van der Waals surface area contributed by atoms with Crippen LogP contribution >= 0.6 is 11.3 Å². The minimum absolute atomic E-state index is 0.504. The predicted octanol–water partition coefficient (Wildman–Crippen LogP) is 1.18. The molecule has 0 saturated heterocycles. The smallest absolute Gasteiger partial charge is 0.205 e. The Balaban J connectivity index is 2.32. The molecule has 0 bridgehead atoms. The molecule has 0 aliphatic heterocycles. The molecule has 0 saturated carbocycles. The number of nitrogens with two attached hydrogens (primary N) is 1. The Morgan fingerprint density at radius 3 is 2.85 bits per heavy atom. The monoisotopic (exact) mass is 200 g/mol. The maximum absolute atomic E-state index is 5.64. The summed E-state index contributed by atoms with van der Waals surface area (Å²) in [6, 6.07) is 0. The summed E-state index contributed by atoms with van der Waals surface area (Å²) in [5, 5.41) is 11.7. The summed E-state index contributed by atoms with van der Waals surface area (Å²) < 4.78 is 0. The van der Waals surface area contributed by atoms with Gasteiger partial charge in [-0.25, -0.2) is 0 Å². The van der Waals surface area contributed by atoms with Gasteiger partial charge in [-0.05, 0) is 18.4 Å². The van der Waals surface area contributed by atoms with Gasteiger partial charge in [0.1, 0.15) is 5.51 Å².